The van der Waals surface area contributed by atoms with Crippen LogP contribution in [0.1, 0.15) is 0 Å². The second-order valence-electron chi connectivity index (χ2n) is 11.8. The molecular formula is C42H25N3. The fourth-order valence-corrected chi connectivity index (χ4v) is 7.47. The number of hydrogen-bond acceptors (Lipinski definition) is 2. The average Bonchev–Trinajstić information content (AvgIpc) is 3.54. The number of nitrogens with zero attached hydrogens (tertiary/aromatic N) is 3. The summed E-state index contributed by atoms with van der Waals surface area (Å²) < 4.78 is 1.98. The molecule has 45 heavy (non-hydrogen) atoms. The van der Waals surface area contributed by atoms with Crippen LogP contribution in [0.5, 0.6) is 0 Å². The average molecular weight is 572 g/mol. The molecule has 0 bridgehead atoms. The van der Waals surface area contributed by atoms with Crippen molar-refractivity contribution < 1.29 is 0 Å². The highest BCUT2D eigenvalue weighted by molar-refractivity contribution is 6.33. The lowest BCUT2D eigenvalue weighted by Gasteiger charge is -2.16. The Morgan fingerprint density at radius 3 is 1.80 bits per heavy atom. The molecule has 2 aromatic heterocycles. The van der Waals surface area contributed by atoms with Gasteiger partial charge in [0.15, 0.2) is 0 Å². The van der Waals surface area contributed by atoms with Crippen molar-refractivity contribution in [2.24, 2.45) is 0 Å². The third kappa shape index (κ3) is 3.52. The monoisotopic (exact) mass is 571 g/mol. The molecule has 0 saturated carbocycles. The van der Waals surface area contributed by atoms with Gasteiger partial charge >= 0.3 is 0 Å². The first-order chi connectivity index (χ1) is 22.3. The summed E-state index contributed by atoms with van der Waals surface area (Å²) in [4.78, 5) is 9.30. The van der Waals surface area contributed by atoms with Gasteiger partial charge in [-0.15, -0.1) is 0 Å². The smallest absolute Gasteiger partial charge is 0.234 e. The summed E-state index contributed by atoms with van der Waals surface area (Å²) >= 11 is 0. The number of fused-ring (bicyclic) bond motifs is 7. The standard InChI is InChI=1S/C42H25N3/c1-4-13-33-30(10-1)29(19-20-36(33)39-25-45-22-8-21-43-42(45)44-39)28-23-27-18-17-26-9-7-16-37-34-14-5-2-11-31(34)32-12-3-6-15-35(32)38(24-28)41(27)40(26)37/h1-25H. The molecule has 0 fully saturated rings. The number of benzene rings is 7. The van der Waals surface area contributed by atoms with E-state index in [1.807, 2.05) is 16.7 Å². The molecule has 2 heterocycles. The van der Waals surface area contributed by atoms with Crippen LogP contribution < -0.4 is 0 Å². The molecule has 208 valence electrons. The first kappa shape index (κ1) is 24.4. The highest BCUT2D eigenvalue weighted by atomic mass is 15.1. The third-order valence-electron chi connectivity index (χ3n) is 9.43. The van der Waals surface area contributed by atoms with E-state index in [4.69, 9.17) is 4.98 Å². The van der Waals surface area contributed by atoms with Crippen LogP contribution in [0.15, 0.2) is 152 Å². The predicted octanol–water partition coefficient (Wildman–Crippen LogP) is 11.0. The number of rotatable bonds is 2. The second kappa shape index (κ2) is 9.22. The van der Waals surface area contributed by atoms with E-state index in [-0.39, 0.29) is 0 Å². The maximum absolute atomic E-state index is 4.85. The van der Waals surface area contributed by atoms with Crippen molar-refractivity contribution in [1.82, 2.24) is 14.4 Å². The Kier molecular flexibility index (Phi) is 5.00. The van der Waals surface area contributed by atoms with E-state index >= 15 is 0 Å². The summed E-state index contributed by atoms with van der Waals surface area (Å²) in [5.41, 5.74) is 4.44. The lowest BCUT2D eigenvalue weighted by Crippen LogP contribution is -1.89. The van der Waals surface area contributed by atoms with Gasteiger partial charge in [-0.1, -0.05) is 115 Å². The van der Waals surface area contributed by atoms with Gasteiger partial charge in [-0.2, -0.15) is 0 Å². The van der Waals surface area contributed by atoms with Crippen molar-refractivity contribution in [1.29, 1.82) is 0 Å². The van der Waals surface area contributed by atoms with Crippen molar-refractivity contribution in [3.05, 3.63) is 152 Å². The molecule has 0 aliphatic heterocycles. The van der Waals surface area contributed by atoms with Crippen LogP contribution >= 0.6 is 0 Å². The van der Waals surface area contributed by atoms with Crippen LogP contribution in [-0.4, -0.2) is 14.4 Å². The highest BCUT2D eigenvalue weighted by Gasteiger charge is 2.16. The zero-order valence-electron chi connectivity index (χ0n) is 24.3. The molecule has 0 radical (unpaired) electrons. The Bertz CT molecular complexity index is 2790. The van der Waals surface area contributed by atoms with E-state index in [9.17, 15) is 0 Å². The normalized spacial score (nSPS) is 12.0. The van der Waals surface area contributed by atoms with Crippen molar-refractivity contribution in [2.45, 2.75) is 0 Å². The van der Waals surface area contributed by atoms with Gasteiger partial charge in [0.05, 0.1) is 5.69 Å². The molecule has 0 aliphatic rings. The Morgan fingerprint density at radius 1 is 0.444 bits per heavy atom. The summed E-state index contributed by atoms with van der Waals surface area (Å²) in [5.74, 6) is 0.702. The molecule has 3 nitrogen and oxygen atoms in total. The van der Waals surface area contributed by atoms with E-state index in [2.05, 4.69) is 139 Å². The zero-order chi connectivity index (χ0) is 29.5. The topological polar surface area (TPSA) is 30.2 Å². The van der Waals surface area contributed by atoms with Crippen LogP contribution in [-0.2, 0) is 0 Å². The van der Waals surface area contributed by atoms with Gasteiger partial charge in [0.1, 0.15) is 0 Å². The van der Waals surface area contributed by atoms with Crippen molar-refractivity contribution in [3.63, 3.8) is 0 Å². The molecule has 0 aliphatic carbocycles. The van der Waals surface area contributed by atoms with Crippen molar-refractivity contribution in [3.8, 4) is 22.4 Å². The fraction of sp³-hybridized carbons (Fsp3) is 0. The van der Waals surface area contributed by atoms with Crippen LogP contribution in [0.3, 0.4) is 0 Å². The minimum absolute atomic E-state index is 0.702. The maximum atomic E-state index is 4.85. The lowest BCUT2D eigenvalue weighted by atomic mass is 9.87. The van der Waals surface area contributed by atoms with Gasteiger partial charge in [-0.25, -0.2) is 9.97 Å². The van der Waals surface area contributed by atoms with Crippen LogP contribution in [0, 0.1) is 0 Å². The Balaban J connectivity index is 1.34. The molecular weight excluding hydrogens is 546 g/mol. The summed E-state index contributed by atoms with van der Waals surface area (Å²) in [6.07, 6.45) is 5.84. The van der Waals surface area contributed by atoms with Crippen molar-refractivity contribution in [2.75, 3.05) is 0 Å². The molecule has 0 unspecified atom stereocenters. The van der Waals surface area contributed by atoms with Gasteiger partial charge in [-0.3, -0.25) is 4.40 Å². The summed E-state index contributed by atoms with van der Waals surface area (Å²) in [7, 11) is 0. The summed E-state index contributed by atoms with van der Waals surface area (Å²) in [5, 5.41) is 15.2. The highest BCUT2D eigenvalue weighted by Crippen LogP contribution is 2.43. The van der Waals surface area contributed by atoms with E-state index in [1.165, 1.54) is 75.8 Å². The van der Waals surface area contributed by atoms with E-state index in [0.717, 1.165) is 11.3 Å². The fourth-order valence-electron chi connectivity index (χ4n) is 7.47. The largest absolute Gasteiger partial charge is 0.291 e. The summed E-state index contributed by atoms with van der Waals surface area (Å²) in [6.45, 7) is 0. The van der Waals surface area contributed by atoms with E-state index in [1.54, 1.807) is 6.20 Å². The first-order valence-corrected chi connectivity index (χ1v) is 15.3. The first-order valence-electron chi connectivity index (χ1n) is 15.3. The van der Waals surface area contributed by atoms with Crippen molar-refractivity contribution >= 4 is 70.4 Å². The van der Waals surface area contributed by atoms with E-state index in [0.29, 0.717) is 5.78 Å². The number of aromatic nitrogens is 3. The van der Waals surface area contributed by atoms with E-state index < -0.39 is 0 Å². The molecule has 3 heteroatoms. The molecule has 10 aromatic rings. The van der Waals surface area contributed by atoms with Gasteiger partial charge in [0.25, 0.3) is 0 Å². The minimum Gasteiger partial charge on any atom is -0.291 e. The Labute approximate surface area is 258 Å². The Hall–Kier alpha value is -6.06. The maximum Gasteiger partial charge on any atom is 0.234 e. The Morgan fingerprint density at radius 2 is 1.04 bits per heavy atom. The lowest BCUT2D eigenvalue weighted by molar-refractivity contribution is 1.11. The summed E-state index contributed by atoms with van der Waals surface area (Å²) in [6, 6.07) is 48.9. The van der Waals surface area contributed by atoms with Crippen LogP contribution in [0.4, 0.5) is 0 Å². The third-order valence-corrected chi connectivity index (χ3v) is 9.43. The molecule has 0 saturated heterocycles. The molecule has 0 N–H and O–H groups in total. The second-order valence-corrected chi connectivity index (χ2v) is 11.8. The van der Waals surface area contributed by atoms with Gasteiger partial charge in [0.2, 0.25) is 5.78 Å². The zero-order valence-corrected chi connectivity index (χ0v) is 24.3. The number of imidazole rings is 1. The van der Waals surface area contributed by atoms with Gasteiger partial charge in [-0.05, 0) is 94.0 Å². The quantitative estimate of drug-likeness (QED) is 0.193. The SMILES string of the molecule is c1ccc2c(-c3cn4cccnc4n3)ccc(-c3cc4ccc5cccc6c7ccccc7c7ccccc7c(c3)c4c56)c2c1. The molecule has 0 amide bonds. The molecule has 0 spiro atoms. The minimum atomic E-state index is 0.702. The van der Waals surface area contributed by atoms with Crippen LogP contribution in [0.2, 0.25) is 0 Å². The van der Waals surface area contributed by atoms with Gasteiger partial charge in [0, 0.05) is 24.2 Å². The predicted molar refractivity (Wildman–Crippen MR) is 189 cm³/mol. The number of hydrogen-bond donors (Lipinski definition) is 0. The molecule has 8 aromatic carbocycles. The van der Waals surface area contributed by atoms with Crippen LogP contribution in [0.25, 0.3) is 92.8 Å². The molecule has 0 atom stereocenters. The molecule has 10 rings (SSSR count). The van der Waals surface area contributed by atoms with Gasteiger partial charge < -0.3 is 0 Å².